The summed E-state index contributed by atoms with van der Waals surface area (Å²) in [4.78, 5) is 0. The fraction of sp³-hybridized carbons (Fsp3) is 0.429. The van der Waals surface area contributed by atoms with Crippen molar-refractivity contribution in [2.75, 3.05) is 13.1 Å². The van der Waals surface area contributed by atoms with Gasteiger partial charge in [0.15, 0.2) is 0 Å². The lowest BCUT2D eigenvalue weighted by Crippen LogP contribution is -2.25. The molecule has 1 N–H and O–H groups in total. The Balaban J connectivity index is 1.86. The van der Waals surface area contributed by atoms with Gasteiger partial charge in [0.1, 0.15) is 0 Å². The number of nitrogens with zero attached hydrogens (tertiary/aromatic N) is 1. The standard InChI is InChI=1S/C14H16N2/c1-2-4-13-11(3-1)7-12-8-14(10-16(12)13)5-6-15-9-14/h1-4,7,15H,5-6,8-10H2. The molecule has 1 aromatic carbocycles. The molecule has 2 aliphatic heterocycles. The predicted octanol–water partition coefficient (Wildman–Crippen LogP) is 2.18. The van der Waals surface area contributed by atoms with E-state index >= 15 is 0 Å². The van der Waals surface area contributed by atoms with Gasteiger partial charge in [-0.3, -0.25) is 0 Å². The summed E-state index contributed by atoms with van der Waals surface area (Å²) in [6, 6.07) is 11.1. The SMILES string of the molecule is c1ccc2c(c1)cc1n2CC2(CCNC2)C1. The van der Waals surface area contributed by atoms with Crippen LogP contribution in [-0.2, 0) is 13.0 Å². The van der Waals surface area contributed by atoms with Crippen LogP contribution in [0.15, 0.2) is 30.3 Å². The monoisotopic (exact) mass is 212 g/mol. The Morgan fingerprint density at radius 1 is 1.25 bits per heavy atom. The first-order chi connectivity index (χ1) is 7.86. The topological polar surface area (TPSA) is 17.0 Å². The molecule has 2 nitrogen and oxygen atoms in total. The van der Waals surface area contributed by atoms with E-state index in [1.54, 1.807) is 0 Å². The molecule has 1 aromatic heterocycles. The van der Waals surface area contributed by atoms with Crippen molar-refractivity contribution in [1.29, 1.82) is 0 Å². The second-order valence-corrected chi connectivity index (χ2v) is 5.38. The summed E-state index contributed by atoms with van der Waals surface area (Å²) in [5, 5.41) is 4.92. The number of aromatic nitrogens is 1. The van der Waals surface area contributed by atoms with Gasteiger partial charge in [-0.05, 0) is 36.9 Å². The van der Waals surface area contributed by atoms with Crippen LogP contribution in [0.25, 0.3) is 10.9 Å². The number of para-hydroxylation sites is 1. The van der Waals surface area contributed by atoms with E-state index < -0.39 is 0 Å². The largest absolute Gasteiger partial charge is 0.344 e. The molecule has 1 saturated heterocycles. The van der Waals surface area contributed by atoms with E-state index in [2.05, 4.69) is 40.2 Å². The normalized spacial score (nSPS) is 28.0. The number of fused-ring (bicyclic) bond motifs is 3. The zero-order chi connectivity index (χ0) is 10.6. The third-order valence-corrected chi connectivity index (χ3v) is 4.28. The van der Waals surface area contributed by atoms with Crippen molar-refractivity contribution >= 4 is 10.9 Å². The van der Waals surface area contributed by atoms with Crippen molar-refractivity contribution in [2.24, 2.45) is 5.41 Å². The summed E-state index contributed by atoms with van der Waals surface area (Å²) in [6.45, 7) is 3.61. The van der Waals surface area contributed by atoms with Crippen molar-refractivity contribution in [1.82, 2.24) is 9.88 Å². The number of hydrogen-bond acceptors (Lipinski definition) is 1. The van der Waals surface area contributed by atoms with E-state index in [9.17, 15) is 0 Å². The van der Waals surface area contributed by atoms with E-state index in [0.717, 1.165) is 0 Å². The van der Waals surface area contributed by atoms with Crippen LogP contribution in [0.3, 0.4) is 0 Å². The van der Waals surface area contributed by atoms with Gasteiger partial charge in [0.2, 0.25) is 0 Å². The summed E-state index contributed by atoms with van der Waals surface area (Å²) in [7, 11) is 0. The smallest absolute Gasteiger partial charge is 0.0482 e. The molecule has 2 aliphatic rings. The molecule has 0 radical (unpaired) electrons. The minimum Gasteiger partial charge on any atom is -0.344 e. The Bertz CT molecular complexity index is 547. The van der Waals surface area contributed by atoms with Gasteiger partial charge in [-0.1, -0.05) is 18.2 Å². The van der Waals surface area contributed by atoms with Crippen molar-refractivity contribution in [3.8, 4) is 0 Å². The van der Waals surface area contributed by atoms with Crippen LogP contribution < -0.4 is 5.32 Å². The van der Waals surface area contributed by atoms with Crippen LogP contribution in [0.2, 0.25) is 0 Å². The summed E-state index contributed by atoms with van der Waals surface area (Å²) in [5.41, 5.74) is 3.48. The second-order valence-electron chi connectivity index (χ2n) is 5.38. The van der Waals surface area contributed by atoms with Crippen molar-refractivity contribution < 1.29 is 0 Å². The Kier molecular flexibility index (Phi) is 1.59. The molecular weight excluding hydrogens is 196 g/mol. The highest BCUT2D eigenvalue weighted by molar-refractivity contribution is 5.81. The fourth-order valence-corrected chi connectivity index (χ4v) is 3.46. The van der Waals surface area contributed by atoms with Crippen LogP contribution in [0.1, 0.15) is 12.1 Å². The van der Waals surface area contributed by atoms with Crippen LogP contribution >= 0.6 is 0 Å². The van der Waals surface area contributed by atoms with Gasteiger partial charge < -0.3 is 9.88 Å². The maximum Gasteiger partial charge on any atom is 0.0482 e. The van der Waals surface area contributed by atoms with Crippen LogP contribution in [0.5, 0.6) is 0 Å². The lowest BCUT2D eigenvalue weighted by atomic mass is 9.85. The summed E-state index contributed by atoms with van der Waals surface area (Å²) >= 11 is 0. The highest BCUT2D eigenvalue weighted by Gasteiger charge is 2.40. The van der Waals surface area contributed by atoms with Gasteiger partial charge in [-0.15, -0.1) is 0 Å². The van der Waals surface area contributed by atoms with E-state index in [4.69, 9.17) is 0 Å². The van der Waals surface area contributed by atoms with E-state index in [1.165, 1.54) is 49.1 Å². The highest BCUT2D eigenvalue weighted by atomic mass is 15.1. The van der Waals surface area contributed by atoms with E-state index in [0.29, 0.717) is 5.41 Å². The summed E-state index contributed by atoms with van der Waals surface area (Å²) in [5.74, 6) is 0. The number of nitrogens with one attached hydrogen (secondary N) is 1. The molecule has 0 amide bonds. The Morgan fingerprint density at radius 2 is 2.19 bits per heavy atom. The molecule has 0 bridgehead atoms. The summed E-state index contributed by atoms with van der Waals surface area (Å²) in [6.07, 6.45) is 2.59. The van der Waals surface area contributed by atoms with Gasteiger partial charge in [0, 0.05) is 29.7 Å². The van der Waals surface area contributed by atoms with Crippen LogP contribution in [0.4, 0.5) is 0 Å². The molecule has 4 rings (SSSR count). The predicted molar refractivity (Wildman–Crippen MR) is 65.6 cm³/mol. The number of hydrogen-bond donors (Lipinski definition) is 1. The molecule has 1 spiro atoms. The van der Waals surface area contributed by atoms with E-state index in [1.807, 2.05) is 0 Å². The van der Waals surface area contributed by atoms with Gasteiger partial charge in [-0.25, -0.2) is 0 Å². The fourth-order valence-electron chi connectivity index (χ4n) is 3.46. The lowest BCUT2D eigenvalue weighted by Gasteiger charge is -2.20. The van der Waals surface area contributed by atoms with Crippen molar-refractivity contribution in [3.63, 3.8) is 0 Å². The van der Waals surface area contributed by atoms with Gasteiger partial charge >= 0.3 is 0 Å². The second kappa shape index (κ2) is 2.89. The van der Waals surface area contributed by atoms with Gasteiger partial charge in [0.25, 0.3) is 0 Å². The Hall–Kier alpha value is -1.28. The first kappa shape index (κ1) is 8.82. The number of rotatable bonds is 0. The minimum absolute atomic E-state index is 0.527. The molecule has 0 saturated carbocycles. The average molecular weight is 212 g/mol. The van der Waals surface area contributed by atoms with Crippen molar-refractivity contribution in [3.05, 3.63) is 36.0 Å². The molecule has 1 fully saturated rings. The molecule has 1 unspecified atom stereocenters. The molecule has 1 atom stereocenters. The minimum atomic E-state index is 0.527. The van der Waals surface area contributed by atoms with Crippen LogP contribution in [-0.4, -0.2) is 17.7 Å². The molecule has 3 heterocycles. The van der Waals surface area contributed by atoms with Crippen LogP contribution in [0, 0.1) is 5.41 Å². The maximum absolute atomic E-state index is 3.51. The molecular formula is C14H16N2. The molecule has 16 heavy (non-hydrogen) atoms. The quantitative estimate of drug-likeness (QED) is 0.708. The molecule has 2 aromatic rings. The number of benzene rings is 1. The molecule has 82 valence electrons. The Labute approximate surface area is 95.3 Å². The first-order valence-corrected chi connectivity index (χ1v) is 6.14. The first-order valence-electron chi connectivity index (χ1n) is 6.14. The maximum atomic E-state index is 3.51. The molecule has 0 aliphatic carbocycles. The third kappa shape index (κ3) is 1.05. The Morgan fingerprint density at radius 3 is 3.06 bits per heavy atom. The highest BCUT2D eigenvalue weighted by Crippen LogP contribution is 2.40. The zero-order valence-corrected chi connectivity index (χ0v) is 9.37. The zero-order valence-electron chi connectivity index (χ0n) is 9.37. The third-order valence-electron chi connectivity index (χ3n) is 4.28. The average Bonchev–Trinajstić information content (AvgIpc) is 2.95. The van der Waals surface area contributed by atoms with Gasteiger partial charge in [-0.2, -0.15) is 0 Å². The molecule has 2 heteroatoms. The lowest BCUT2D eigenvalue weighted by molar-refractivity contribution is 0.319. The van der Waals surface area contributed by atoms with E-state index in [-0.39, 0.29) is 0 Å². The van der Waals surface area contributed by atoms with Crippen molar-refractivity contribution in [2.45, 2.75) is 19.4 Å². The van der Waals surface area contributed by atoms with Gasteiger partial charge in [0.05, 0.1) is 0 Å². The summed E-state index contributed by atoms with van der Waals surface area (Å²) < 4.78 is 2.53.